The molecule has 0 atom stereocenters. The molecule has 0 fully saturated rings. The van der Waals surface area contributed by atoms with E-state index in [1.807, 2.05) is 12.1 Å². The van der Waals surface area contributed by atoms with Crippen molar-refractivity contribution in [2.75, 3.05) is 11.9 Å². The normalized spacial score (nSPS) is 9.95. The van der Waals surface area contributed by atoms with Gasteiger partial charge in [0.25, 0.3) is 0 Å². The molecule has 0 saturated heterocycles. The Bertz CT molecular complexity index is 620. The van der Waals surface area contributed by atoms with E-state index in [9.17, 15) is 0 Å². The van der Waals surface area contributed by atoms with E-state index in [2.05, 4.69) is 16.4 Å². The predicted octanol–water partition coefficient (Wildman–Crippen LogP) is 3.91. The highest BCUT2D eigenvalue weighted by Gasteiger charge is 2.02. The minimum Gasteiger partial charge on any atom is -0.370 e. The van der Waals surface area contributed by atoms with Crippen LogP contribution in [0.3, 0.4) is 0 Å². The van der Waals surface area contributed by atoms with E-state index < -0.39 is 0 Å². The second kappa shape index (κ2) is 6.42. The van der Waals surface area contributed by atoms with Crippen molar-refractivity contribution in [3.05, 3.63) is 57.7 Å². The number of nitrogens with one attached hydrogen (secondary N) is 1. The summed E-state index contributed by atoms with van der Waals surface area (Å²) in [5.41, 5.74) is 1.61. The van der Waals surface area contributed by atoms with E-state index in [1.54, 1.807) is 24.4 Å². The number of nitrogens with zero attached hydrogens (tertiary/aromatic N) is 2. The van der Waals surface area contributed by atoms with Crippen LogP contribution in [0.5, 0.6) is 0 Å². The Morgan fingerprint density at radius 1 is 1.21 bits per heavy atom. The van der Waals surface area contributed by atoms with Crippen LogP contribution < -0.4 is 5.32 Å². The minimum atomic E-state index is 0.585. The zero-order chi connectivity index (χ0) is 13.7. The van der Waals surface area contributed by atoms with Gasteiger partial charge >= 0.3 is 0 Å². The van der Waals surface area contributed by atoms with Gasteiger partial charge in [-0.2, -0.15) is 5.26 Å². The van der Waals surface area contributed by atoms with E-state index in [4.69, 9.17) is 28.5 Å². The Morgan fingerprint density at radius 2 is 2.05 bits per heavy atom. The molecule has 0 amide bonds. The lowest BCUT2D eigenvalue weighted by atomic mass is 10.1. The Kier molecular flexibility index (Phi) is 4.62. The van der Waals surface area contributed by atoms with Crippen molar-refractivity contribution < 1.29 is 0 Å². The Morgan fingerprint density at radius 3 is 2.79 bits per heavy atom. The monoisotopic (exact) mass is 291 g/mol. The average Bonchev–Trinajstić information content (AvgIpc) is 2.41. The van der Waals surface area contributed by atoms with Gasteiger partial charge in [0.15, 0.2) is 0 Å². The highest BCUT2D eigenvalue weighted by molar-refractivity contribution is 6.35. The van der Waals surface area contributed by atoms with Crippen molar-refractivity contribution in [1.82, 2.24) is 4.98 Å². The number of halogens is 2. The van der Waals surface area contributed by atoms with Gasteiger partial charge in [0, 0.05) is 22.8 Å². The molecule has 0 aliphatic carbocycles. The van der Waals surface area contributed by atoms with Gasteiger partial charge in [0.2, 0.25) is 0 Å². The fourth-order valence-electron chi connectivity index (χ4n) is 1.65. The molecule has 96 valence electrons. The molecule has 19 heavy (non-hydrogen) atoms. The lowest BCUT2D eigenvalue weighted by Gasteiger charge is -2.07. The maximum Gasteiger partial charge on any atom is 0.127 e. The summed E-state index contributed by atoms with van der Waals surface area (Å²) in [5.74, 6) is 0.684. The second-order valence-corrected chi connectivity index (χ2v) is 4.80. The molecule has 0 unspecified atom stereocenters. The summed E-state index contributed by atoms with van der Waals surface area (Å²) in [5, 5.41) is 13.2. The Balaban J connectivity index is 1.94. The predicted molar refractivity (Wildman–Crippen MR) is 77.6 cm³/mol. The first-order chi connectivity index (χ1) is 9.19. The van der Waals surface area contributed by atoms with Crippen molar-refractivity contribution >= 4 is 29.0 Å². The molecule has 0 saturated carbocycles. The Hall–Kier alpha value is -1.76. The summed E-state index contributed by atoms with van der Waals surface area (Å²) >= 11 is 11.9. The van der Waals surface area contributed by atoms with E-state index in [1.165, 1.54) is 0 Å². The molecule has 1 heterocycles. The third-order valence-electron chi connectivity index (χ3n) is 2.60. The van der Waals surface area contributed by atoms with Crippen LogP contribution in [0.2, 0.25) is 10.0 Å². The van der Waals surface area contributed by atoms with Crippen molar-refractivity contribution in [1.29, 1.82) is 5.26 Å². The lowest BCUT2D eigenvalue weighted by Crippen LogP contribution is -2.06. The van der Waals surface area contributed by atoms with E-state index in [0.29, 0.717) is 28.0 Å². The van der Waals surface area contributed by atoms with Crippen LogP contribution >= 0.6 is 23.2 Å². The number of nitriles is 1. The van der Waals surface area contributed by atoms with Gasteiger partial charge in [-0.1, -0.05) is 29.3 Å². The molecule has 1 aromatic heterocycles. The van der Waals surface area contributed by atoms with Gasteiger partial charge in [-0.25, -0.2) is 4.98 Å². The molecule has 2 rings (SSSR count). The number of rotatable bonds is 4. The van der Waals surface area contributed by atoms with Crippen LogP contribution in [0.15, 0.2) is 36.5 Å². The van der Waals surface area contributed by atoms with E-state index >= 15 is 0 Å². The Labute approximate surface area is 121 Å². The third-order valence-corrected chi connectivity index (χ3v) is 3.19. The first kappa shape index (κ1) is 13.7. The van der Waals surface area contributed by atoms with Gasteiger partial charge in [-0.15, -0.1) is 0 Å². The highest BCUT2D eigenvalue weighted by atomic mass is 35.5. The zero-order valence-corrected chi connectivity index (χ0v) is 11.5. The maximum absolute atomic E-state index is 8.79. The maximum atomic E-state index is 8.79. The van der Waals surface area contributed by atoms with E-state index in [0.717, 1.165) is 12.0 Å². The van der Waals surface area contributed by atoms with Crippen molar-refractivity contribution in [2.45, 2.75) is 6.42 Å². The van der Waals surface area contributed by atoms with Gasteiger partial charge < -0.3 is 5.32 Å². The topological polar surface area (TPSA) is 48.7 Å². The summed E-state index contributed by atoms with van der Waals surface area (Å²) in [6.07, 6.45) is 2.37. The van der Waals surface area contributed by atoms with Crippen molar-refractivity contribution in [3.63, 3.8) is 0 Å². The number of pyridine rings is 1. The summed E-state index contributed by atoms with van der Waals surface area (Å²) in [6, 6.07) is 10.9. The first-order valence-corrected chi connectivity index (χ1v) is 6.48. The van der Waals surface area contributed by atoms with Crippen molar-refractivity contribution in [2.24, 2.45) is 0 Å². The smallest absolute Gasteiger partial charge is 0.127 e. The molecule has 1 N–H and O–H groups in total. The summed E-state index contributed by atoms with van der Waals surface area (Å²) in [4.78, 5) is 4.14. The quantitative estimate of drug-likeness (QED) is 0.929. The number of hydrogen-bond acceptors (Lipinski definition) is 3. The molecular formula is C14H11Cl2N3. The molecule has 0 radical (unpaired) electrons. The number of benzene rings is 1. The molecule has 0 aliphatic heterocycles. The van der Waals surface area contributed by atoms with Crippen LogP contribution in [-0.4, -0.2) is 11.5 Å². The highest BCUT2D eigenvalue weighted by Crippen LogP contribution is 2.21. The van der Waals surface area contributed by atoms with Gasteiger partial charge in [-0.3, -0.25) is 0 Å². The van der Waals surface area contributed by atoms with Gasteiger partial charge in [-0.05, 0) is 36.2 Å². The summed E-state index contributed by atoms with van der Waals surface area (Å²) < 4.78 is 0. The molecule has 0 bridgehead atoms. The largest absolute Gasteiger partial charge is 0.370 e. The van der Waals surface area contributed by atoms with E-state index in [-0.39, 0.29) is 0 Å². The molecule has 5 heteroatoms. The first-order valence-electron chi connectivity index (χ1n) is 5.73. The number of aromatic nitrogens is 1. The van der Waals surface area contributed by atoms with Gasteiger partial charge in [0.05, 0.1) is 11.6 Å². The average molecular weight is 292 g/mol. The summed E-state index contributed by atoms with van der Waals surface area (Å²) in [6.45, 7) is 0.684. The van der Waals surface area contributed by atoms with Crippen LogP contribution in [0.4, 0.5) is 5.82 Å². The van der Waals surface area contributed by atoms with Crippen LogP contribution in [0.1, 0.15) is 11.1 Å². The van der Waals surface area contributed by atoms with Gasteiger partial charge in [0.1, 0.15) is 5.82 Å². The van der Waals surface area contributed by atoms with Crippen LogP contribution in [0, 0.1) is 11.3 Å². The molecule has 0 spiro atoms. The molecule has 0 aliphatic rings. The molecule has 3 nitrogen and oxygen atoms in total. The standard InChI is InChI=1S/C14H11Cl2N3/c15-12-2-1-11(13(16)8-12)4-6-19-14-7-10(9-17)3-5-18-14/h1-3,5,7-8H,4,6H2,(H,18,19). The SMILES string of the molecule is N#Cc1ccnc(NCCc2ccc(Cl)cc2Cl)c1. The third kappa shape index (κ3) is 3.85. The molecule has 1 aromatic carbocycles. The van der Waals surface area contributed by atoms with Crippen LogP contribution in [-0.2, 0) is 6.42 Å². The van der Waals surface area contributed by atoms with Crippen molar-refractivity contribution in [3.8, 4) is 6.07 Å². The number of hydrogen-bond donors (Lipinski definition) is 1. The summed E-state index contributed by atoms with van der Waals surface area (Å²) in [7, 11) is 0. The zero-order valence-electron chi connectivity index (χ0n) is 10.0. The molecular weight excluding hydrogens is 281 g/mol. The second-order valence-electron chi connectivity index (χ2n) is 3.95. The lowest BCUT2D eigenvalue weighted by molar-refractivity contribution is 1.01. The fraction of sp³-hybridized carbons (Fsp3) is 0.143. The number of anilines is 1. The fourth-order valence-corrected chi connectivity index (χ4v) is 2.15. The van der Waals surface area contributed by atoms with Crippen LogP contribution in [0.25, 0.3) is 0 Å². The minimum absolute atomic E-state index is 0.585. The molecule has 2 aromatic rings.